The Labute approximate surface area is 151 Å². The van der Waals surface area contributed by atoms with E-state index in [1.54, 1.807) is 7.11 Å². The number of nitrogens with one attached hydrogen (secondary N) is 1. The van der Waals surface area contributed by atoms with Crippen molar-refractivity contribution < 1.29 is 9.53 Å². The summed E-state index contributed by atoms with van der Waals surface area (Å²) in [6.45, 7) is 6.83. The second kappa shape index (κ2) is 12.3. The molecule has 24 heavy (non-hydrogen) atoms. The van der Waals surface area contributed by atoms with E-state index in [1.165, 1.54) is 5.56 Å². The molecule has 1 aromatic rings. The van der Waals surface area contributed by atoms with E-state index in [-0.39, 0.29) is 18.3 Å². The SMILES string of the molecule is COCCN(CCC(=O)N1CCNCC1)CCc1ccccc1.Cl. The number of benzene rings is 1. The largest absolute Gasteiger partial charge is 0.383 e. The highest BCUT2D eigenvalue weighted by Crippen LogP contribution is 2.04. The lowest BCUT2D eigenvalue weighted by atomic mass is 10.1. The maximum Gasteiger partial charge on any atom is 0.223 e. The van der Waals surface area contributed by atoms with Crippen LogP contribution in [-0.2, 0) is 16.0 Å². The van der Waals surface area contributed by atoms with Gasteiger partial charge in [0.2, 0.25) is 5.91 Å². The Balaban J connectivity index is 0.00000288. The van der Waals surface area contributed by atoms with E-state index in [0.29, 0.717) is 13.0 Å². The van der Waals surface area contributed by atoms with Crippen LogP contribution in [0.15, 0.2) is 30.3 Å². The molecule has 0 radical (unpaired) electrons. The van der Waals surface area contributed by atoms with Gasteiger partial charge in [0, 0.05) is 59.3 Å². The molecule has 0 aromatic heterocycles. The van der Waals surface area contributed by atoms with E-state index in [4.69, 9.17) is 4.74 Å². The molecule has 1 heterocycles. The van der Waals surface area contributed by atoms with E-state index in [0.717, 1.165) is 52.2 Å². The van der Waals surface area contributed by atoms with Crippen molar-refractivity contribution in [1.82, 2.24) is 15.1 Å². The van der Waals surface area contributed by atoms with Gasteiger partial charge in [0.25, 0.3) is 0 Å². The van der Waals surface area contributed by atoms with Crippen molar-refractivity contribution in [3.05, 3.63) is 35.9 Å². The van der Waals surface area contributed by atoms with Gasteiger partial charge in [-0.1, -0.05) is 30.3 Å². The van der Waals surface area contributed by atoms with Crippen molar-refractivity contribution in [2.24, 2.45) is 0 Å². The molecule has 0 atom stereocenters. The Hall–Kier alpha value is -1.14. The summed E-state index contributed by atoms with van der Waals surface area (Å²) in [5.74, 6) is 0.272. The first-order valence-corrected chi connectivity index (χ1v) is 8.53. The summed E-state index contributed by atoms with van der Waals surface area (Å²) in [7, 11) is 1.72. The quantitative estimate of drug-likeness (QED) is 0.727. The standard InChI is InChI=1S/C18H29N3O2.ClH/c1-23-16-15-20(11-7-17-5-3-2-4-6-17)12-8-18(22)21-13-9-19-10-14-21;/h2-6,19H,7-16H2,1H3;1H. The van der Waals surface area contributed by atoms with Gasteiger partial charge in [-0.25, -0.2) is 0 Å². The fourth-order valence-electron chi connectivity index (χ4n) is 2.81. The third-order valence-electron chi connectivity index (χ3n) is 4.28. The molecule has 2 rings (SSSR count). The first-order valence-electron chi connectivity index (χ1n) is 8.53. The number of methoxy groups -OCH3 is 1. The summed E-state index contributed by atoms with van der Waals surface area (Å²) in [6, 6.07) is 10.5. The number of carbonyl (C=O) groups excluding carboxylic acids is 1. The molecule has 0 bridgehead atoms. The summed E-state index contributed by atoms with van der Waals surface area (Å²) in [6.07, 6.45) is 1.60. The normalized spacial score (nSPS) is 14.5. The lowest BCUT2D eigenvalue weighted by molar-refractivity contribution is -0.132. The minimum absolute atomic E-state index is 0. The zero-order valence-corrected chi connectivity index (χ0v) is 15.4. The molecule has 1 fully saturated rings. The second-order valence-electron chi connectivity index (χ2n) is 5.95. The van der Waals surface area contributed by atoms with Gasteiger partial charge in [0.1, 0.15) is 0 Å². The molecule has 0 unspecified atom stereocenters. The highest BCUT2D eigenvalue weighted by Gasteiger charge is 2.17. The molecule has 0 saturated carbocycles. The van der Waals surface area contributed by atoms with Crippen LogP contribution in [0.25, 0.3) is 0 Å². The van der Waals surface area contributed by atoms with Crippen molar-refractivity contribution >= 4 is 18.3 Å². The average Bonchev–Trinajstić information content (AvgIpc) is 2.62. The van der Waals surface area contributed by atoms with Crippen LogP contribution in [0.3, 0.4) is 0 Å². The average molecular weight is 356 g/mol. The molecule has 0 aliphatic carbocycles. The third kappa shape index (κ3) is 7.62. The van der Waals surface area contributed by atoms with E-state index in [1.807, 2.05) is 11.0 Å². The zero-order chi connectivity index (χ0) is 16.3. The summed E-state index contributed by atoms with van der Waals surface area (Å²) in [5, 5.41) is 3.28. The van der Waals surface area contributed by atoms with Crippen LogP contribution in [0.4, 0.5) is 0 Å². The first kappa shape index (κ1) is 20.9. The van der Waals surface area contributed by atoms with Crippen LogP contribution in [0.2, 0.25) is 0 Å². The van der Waals surface area contributed by atoms with Gasteiger partial charge in [0.05, 0.1) is 6.61 Å². The number of amides is 1. The number of piperazine rings is 1. The predicted molar refractivity (Wildman–Crippen MR) is 99.8 cm³/mol. The molecule has 0 spiro atoms. The van der Waals surface area contributed by atoms with Gasteiger partial charge in [-0.05, 0) is 12.0 Å². The Morgan fingerprint density at radius 3 is 2.54 bits per heavy atom. The first-order chi connectivity index (χ1) is 11.3. The van der Waals surface area contributed by atoms with Gasteiger partial charge in [-0.2, -0.15) is 0 Å². The van der Waals surface area contributed by atoms with Gasteiger partial charge in [-0.3, -0.25) is 4.79 Å². The maximum atomic E-state index is 12.3. The molecule has 5 nitrogen and oxygen atoms in total. The maximum absolute atomic E-state index is 12.3. The van der Waals surface area contributed by atoms with Crippen molar-refractivity contribution in [2.45, 2.75) is 12.8 Å². The van der Waals surface area contributed by atoms with Crippen molar-refractivity contribution in [1.29, 1.82) is 0 Å². The smallest absolute Gasteiger partial charge is 0.223 e. The molecular weight excluding hydrogens is 326 g/mol. The summed E-state index contributed by atoms with van der Waals surface area (Å²) in [5.41, 5.74) is 1.34. The Kier molecular flexibility index (Phi) is 10.7. The van der Waals surface area contributed by atoms with E-state index >= 15 is 0 Å². The third-order valence-corrected chi connectivity index (χ3v) is 4.28. The summed E-state index contributed by atoms with van der Waals surface area (Å²) in [4.78, 5) is 16.6. The molecule has 6 heteroatoms. The molecule has 1 N–H and O–H groups in total. The number of hydrogen-bond donors (Lipinski definition) is 1. The monoisotopic (exact) mass is 355 g/mol. The van der Waals surface area contributed by atoms with Gasteiger partial charge in [0.15, 0.2) is 0 Å². The minimum atomic E-state index is 0. The Morgan fingerprint density at radius 1 is 1.17 bits per heavy atom. The Bertz CT molecular complexity index is 453. The summed E-state index contributed by atoms with van der Waals surface area (Å²) >= 11 is 0. The molecule has 1 aliphatic rings. The number of ether oxygens (including phenoxy) is 1. The molecule has 1 aromatic carbocycles. The fraction of sp³-hybridized carbons (Fsp3) is 0.611. The van der Waals surface area contributed by atoms with Crippen LogP contribution in [0.1, 0.15) is 12.0 Å². The highest BCUT2D eigenvalue weighted by atomic mass is 35.5. The molecular formula is C18H30ClN3O2. The van der Waals surface area contributed by atoms with Crippen molar-refractivity contribution in [3.63, 3.8) is 0 Å². The van der Waals surface area contributed by atoms with Crippen molar-refractivity contribution in [3.8, 4) is 0 Å². The van der Waals surface area contributed by atoms with Gasteiger partial charge in [-0.15, -0.1) is 12.4 Å². The number of carbonyl (C=O) groups is 1. The number of nitrogens with zero attached hydrogens (tertiary/aromatic N) is 2. The van der Waals surface area contributed by atoms with E-state index in [9.17, 15) is 4.79 Å². The molecule has 136 valence electrons. The van der Waals surface area contributed by atoms with Gasteiger partial charge < -0.3 is 19.9 Å². The van der Waals surface area contributed by atoms with Crippen molar-refractivity contribution in [2.75, 3.05) is 59.5 Å². The molecule has 1 aliphatic heterocycles. The fourth-order valence-corrected chi connectivity index (χ4v) is 2.81. The van der Waals surface area contributed by atoms with Crippen LogP contribution in [0, 0.1) is 0 Å². The minimum Gasteiger partial charge on any atom is -0.383 e. The van der Waals surface area contributed by atoms with Crippen LogP contribution in [-0.4, -0.2) is 75.2 Å². The second-order valence-corrected chi connectivity index (χ2v) is 5.95. The van der Waals surface area contributed by atoms with Crippen LogP contribution in [0.5, 0.6) is 0 Å². The number of rotatable bonds is 9. The Morgan fingerprint density at radius 2 is 1.88 bits per heavy atom. The van der Waals surface area contributed by atoms with E-state index in [2.05, 4.69) is 34.5 Å². The number of hydrogen-bond acceptors (Lipinski definition) is 4. The van der Waals surface area contributed by atoms with Crippen LogP contribution >= 0.6 is 12.4 Å². The molecule has 1 amide bonds. The lowest BCUT2D eigenvalue weighted by Gasteiger charge is -2.29. The summed E-state index contributed by atoms with van der Waals surface area (Å²) < 4.78 is 5.20. The van der Waals surface area contributed by atoms with Crippen LogP contribution < -0.4 is 5.32 Å². The topological polar surface area (TPSA) is 44.8 Å². The molecule has 1 saturated heterocycles. The number of halogens is 1. The highest BCUT2D eigenvalue weighted by molar-refractivity contribution is 5.85. The predicted octanol–water partition coefficient (Wildman–Crippen LogP) is 1.42. The van der Waals surface area contributed by atoms with Gasteiger partial charge >= 0.3 is 0 Å². The van der Waals surface area contributed by atoms with E-state index < -0.39 is 0 Å². The lowest BCUT2D eigenvalue weighted by Crippen LogP contribution is -2.47. The zero-order valence-electron chi connectivity index (χ0n) is 14.6.